The van der Waals surface area contributed by atoms with Gasteiger partial charge in [-0.25, -0.2) is 9.97 Å². The molecule has 3 aromatic rings. The van der Waals surface area contributed by atoms with Crippen molar-refractivity contribution in [3.63, 3.8) is 0 Å². The lowest BCUT2D eigenvalue weighted by Gasteiger charge is -2.34. The molecule has 1 aromatic carbocycles. The minimum Gasteiger partial charge on any atom is -0.327 e. The third-order valence-electron chi connectivity index (χ3n) is 7.68. The normalized spacial score (nSPS) is 19.9. The van der Waals surface area contributed by atoms with Crippen molar-refractivity contribution in [3.8, 4) is 17.3 Å². The number of alkyl halides is 3. The van der Waals surface area contributed by atoms with E-state index in [0.29, 0.717) is 35.9 Å². The van der Waals surface area contributed by atoms with Crippen molar-refractivity contribution in [1.82, 2.24) is 19.4 Å². The van der Waals surface area contributed by atoms with Crippen LogP contribution in [0.1, 0.15) is 69.0 Å². The van der Waals surface area contributed by atoms with Crippen LogP contribution in [0.5, 0.6) is 0 Å². The molecule has 0 N–H and O–H groups in total. The molecular weight excluding hydrogens is 451 g/mol. The van der Waals surface area contributed by atoms with Crippen molar-refractivity contribution in [2.24, 2.45) is 5.92 Å². The van der Waals surface area contributed by atoms with Crippen molar-refractivity contribution < 1.29 is 13.2 Å². The van der Waals surface area contributed by atoms with Gasteiger partial charge in [0.05, 0.1) is 23.3 Å². The number of hydrogen-bond acceptors (Lipinski definition) is 4. The van der Waals surface area contributed by atoms with Crippen LogP contribution in [-0.4, -0.2) is 32.0 Å². The van der Waals surface area contributed by atoms with E-state index in [1.165, 1.54) is 51.0 Å². The van der Waals surface area contributed by atoms with Crippen molar-refractivity contribution in [3.05, 3.63) is 47.4 Å². The Morgan fingerprint density at radius 1 is 1.06 bits per heavy atom. The van der Waals surface area contributed by atoms with Gasteiger partial charge in [-0.3, -0.25) is 4.90 Å². The summed E-state index contributed by atoms with van der Waals surface area (Å²) in [4.78, 5) is 11.8. The van der Waals surface area contributed by atoms with Crippen molar-refractivity contribution in [1.29, 1.82) is 5.26 Å². The van der Waals surface area contributed by atoms with Crippen LogP contribution in [0.3, 0.4) is 0 Å². The molecule has 35 heavy (non-hydrogen) atoms. The van der Waals surface area contributed by atoms with Crippen LogP contribution in [0, 0.1) is 17.2 Å². The molecule has 0 radical (unpaired) electrons. The van der Waals surface area contributed by atoms with Gasteiger partial charge in [0.25, 0.3) is 0 Å². The van der Waals surface area contributed by atoms with Crippen LogP contribution in [0.15, 0.2) is 30.3 Å². The number of nitrogens with zero attached hydrogens (tertiary/aromatic N) is 5. The average molecular weight is 482 g/mol. The minimum absolute atomic E-state index is 0.147. The lowest BCUT2D eigenvalue weighted by Crippen LogP contribution is -2.36. The molecule has 5 rings (SSSR count). The molecule has 8 heteroatoms. The van der Waals surface area contributed by atoms with E-state index in [4.69, 9.17) is 4.98 Å². The molecule has 1 aliphatic carbocycles. The Bertz CT molecular complexity index is 1250. The maximum Gasteiger partial charge on any atom is 0.416 e. The highest BCUT2D eigenvalue weighted by Crippen LogP contribution is 2.36. The smallest absolute Gasteiger partial charge is 0.327 e. The summed E-state index contributed by atoms with van der Waals surface area (Å²) >= 11 is 0. The molecule has 1 saturated heterocycles. The Hall–Kier alpha value is -2.92. The number of fused-ring (bicyclic) bond motifs is 1. The molecule has 0 bridgehead atoms. The Morgan fingerprint density at radius 3 is 2.57 bits per heavy atom. The molecule has 0 spiro atoms. The molecular formula is C27H30F3N5. The first-order valence-corrected chi connectivity index (χ1v) is 12.6. The summed E-state index contributed by atoms with van der Waals surface area (Å²) in [7, 11) is 0. The van der Waals surface area contributed by atoms with E-state index in [-0.39, 0.29) is 5.69 Å². The second kappa shape index (κ2) is 9.62. The molecule has 0 amide bonds. The van der Waals surface area contributed by atoms with Gasteiger partial charge in [-0.05, 0) is 63.3 Å². The number of pyridine rings is 1. The molecule has 1 atom stereocenters. The maximum atomic E-state index is 13.3. The van der Waals surface area contributed by atoms with E-state index in [1.807, 2.05) is 6.92 Å². The minimum atomic E-state index is -4.44. The molecule has 2 fully saturated rings. The van der Waals surface area contributed by atoms with Gasteiger partial charge in [0.2, 0.25) is 0 Å². The Morgan fingerprint density at radius 2 is 1.86 bits per heavy atom. The molecule has 0 unspecified atom stereocenters. The van der Waals surface area contributed by atoms with Gasteiger partial charge in [0, 0.05) is 18.2 Å². The van der Waals surface area contributed by atoms with Crippen LogP contribution in [0.4, 0.5) is 13.2 Å². The van der Waals surface area contributed by atoms with Gasteiger partial charge >= 0.3 is 6.18 Å². The lowest BCUT2D eigenvalue weighted by atomic mass is 9.83. The monoisotopic (exact) mass is 481 g/mol. The molecule has 3 heterocycles. The van der Waals surface area contributed by atoms with E-state index < -0.39 is 11.7 Å². The maximum absolute atomic E-state index is 13.3. The first kappa shape index (κ1) is 23.8. The Kier molecular flexibility index (Phi) is 6.54. The molecule has 2 aromatic heterocycles. The third kappa shape index (κ3) is 4.66. The summed E-state index contributed by atoms with van der Waals surface area (Å²) in [6.45, 7) is 4.45. The van der Waals surface area contributed by atoms with Crippen LogP contribution < -0.4 is 0 Å². The molecule has 1 aliphatic heterocycles. The SMILES string of the molecule is CCn1c(CN2CCC[C@H]2C2CCCCC2)nc2c(C#N)nc(-c3cccc(C(F)(F)F)c3)cc21. The summed E-state index contributed by atoms with van der Waals surface area (Å²) in [5.74, 6) is 1.64. The number of halogens is 3. The highest BCUT2D eigenvalue weighted by Gasteiger charge is 2.34. The summed E-state index contributed by atoms with van der Waals surface area (Å²) in [5.41, 5.74) is 1.36. The van der Waals surface area contributed by atoms with Crippen molar-refractivity contribution in [2.75, 3.05) is 6.54 Å². The van der Waals surface area contributed by atoms with E-state index in [9.17, 15) is 18.4 Å². The number of rotatable bonds is 5. The number of likely N-dealkylation sites (tertiary alicyclic amines) is 1. The number of aromatic nitrogens is 3. The second-order valence-corrected chi connectivity index (χ2v) is 9.76. The first-order chi connectivity index (χ1) is 16.9. The molecule has 2 aliphatic rings. The standard InChI is InChI=1S/C27H30F3N5/c1-2-35-24-15-21(19-10-6-11-20(14-19)27(28,29)30)32-22(16-31)26(24)33-25(35)17-34-13-7-12-23(34)18-8-4-3-5-9-18/h6,10-11,14-15,18,23H,2-5,7-9,12-13,17H2,1H3/t23-/m0/s1. The molecule has 184 valence electrons. The lowest BCUT2D eigenvalue weighted by molar-refractivity contribution is -0.137. The zero-order valence-corrected chi connectivity index (χ0v) is 20.0. The van der Waals surface area contributed by atoms with E-state index >= 15 is 0 Å². The van der Waals surface area contributed by atoms with Gasteiger partial charge in [-0.2, -0.15) is 18.4 Å². The first-order valence-electron chi connectivity index (χ1n) is 12.6. The average Bonchev–Trinajstić information content (AvgIpc) is 3.47. The predicted molar refractivity (Wildman–Crippen MR) is 128 cm³/mol. The number of imidazole rings is 1. The van der Waals surface area contributed by atoms with Crippen molar-refractivity contribution in [2.45, 2.75) is 77.2 Å². The summed E-state index contributed by atoms with van der Waals surface area (Å²) in [5, 5.41) is 9.81. The number of hydrogen-bond donors (Lipinski definition) is 0. The highest BCUT2D eigenvalue weighted by atomic mass is 19.4. The second-order valence-electron chi connectivity index (χ2n) is 9.76. The fourth-order valence-corrected chi connectivity index (χ4v) is 6.01. The summed E-state index contributed by atoms with van der Waals surface area (Å²) in [6, 6.07) is 9.57. The van der Waals surface area contributed by atoms with Crippen LogP contribution in [0.25, 0.3) is 22.3 Å². The van der Waals surface area contributed by atoms with Crippen LogP contribution >= 0.6 is 0 Å². The largest absolute Gasteiger partial charge is 0.416 e. The van der Waals surface area contributed by atoms with Gasteiger partial charge in [-0.15, -0.1) is 0 Å². The Labute approximate surface area is 203 Å². The van der Waals surface area contributed by atoms with Crippen LogP contribution in [0.2, 0.25) is 0 Å². The predicted octanol–water partition coefficient (Wildman–Crippen LogP) is 6.55. The molecule has 1 saturated carbocycles. The topological polar surface area (TPSA) is 57.7 Å². The third-order valence-corrected chi connectivity index (χ3v) is 7.68. The summed E-state index contributed by atoms with van der Waals surface area (Å²) in [6.07, 6.45) is 4.55. The van der Waals surface area contributed by atoms with E-state index in [1.54, 1.807) is 12.1 Å². The fraction of sp³-hybridized carbons (Fsp3) is 0.519. The zero-order valence-electron chi connectivity index (χ0n) is 20.0. The Balaban J connectivity index is 1.52. The van der Waals surface area contributed by atoms with E-state index in [2.05, 4.69) is 20.5 Å². The number of benzene rings is 1. The van der Waals surface area contributed by atoms with Crippen LogP contribution in [-0.2, 0) is 19.3 Å². The fourth-order valence-electron chi connectivity index (χ4n) is 6.01. The zero-order chi connectivity index (χ0) is 24.6. The molecule has 5 nitrogen and oxygen atoms in total. The number of aryl methyl sites for hydroxylation is 1. The van der Waals surface area contributed by atoms with Gasteiger partial charge < -0.3 is 4.57 Å². The van der Waals surface area contributed by atoms with Gasteiger partial charge in [0.1, 0.15) is 17.4 Å². The van der Waals surface area contributed by atoms with Crippen molar-refractivity contribution >= 4 is 11.0 Å². The number of nitriles is 1. The van der Waals surface area contributed by atoms with E-state index in [0.717, 1.165) is 35.9 Å². The quantitative estimate of drug-likeness (QED) is 0.414. The van der Waals surface area contributed by atoms with Gasteiger partial charge in [0.15, 0.2) is 5.69 Å². The highest BCUT2D eigenvalue weighted by molar-refractivity contribution is 5.85. The summed E-state index contributed by atoms with van der Waals surface area (Å²) < 4.78 is 41.9. The van der Waals surface area contributed by atoms with Gasteiger partial charge in [-0.1, -0.05) is 31.4 Å².